The zero-order valence-electron chi connectivity index (χ0n) is 16.4. The highest BCUT2D eigenvalue weighted by atomic mass is 16.6. The zero-order valence-corrected chi connectivity index (χ0v) is 16.4. The Labute approximate surface area is 171 Å². The summed E-state index contributed by atoms with van der Waals surface area (Å²) in [4.78, 5) is 0. The molecular formula is C26H26N2O. The van der Waals surface area contributed by atoms with E-state index in [4.69, 9.17) is 16.2 Å². The van der Waals surface area contributed by atoms with Gasteiger partial charge in [-0.15, -0.1) is 0 Å². The van der Waals surface area contributed by atoms with E-state index >= 15 is 0 Å². The third-order valence-electron chi connectivity index (χ3n) is 5.98. The Morgan fingerprint density at radius 2 is 1.00 bits per heavy atom. The van der Waals surface area contributed by atoms with Gasteiger partial charge in [0.25, 0.3) is 0 Å². The van der Waals surface area contributed by atoms with Gasteiger partial charge in [-0.3, -0.25) is 0 Å². The molecule has 0 bridgehead atoms. The Hall–Kier alpha value is -2.72. The van der Waals surface area contributed by atoms with Crippen LogP contribution in [-0.4, -0.2) is 24.3 Å². The van der Waals surface area contributed by atoms with Crippen LogP contribution in [0.2, 0.25) is 0 Å². The Bertz CT molecular complexity index is 1060. The number of fused-ring (bicyclic) bond motifs is 2. The lowest BCUT2D eigenvalue weighted by Gasteiger charge is -2.13. The van der Waals surface area contributed by atoms with Gasteiger partial charge in [-0.2, -0.15) is 0 Å². The van der Waals surface area contributed by atoms with Crippen LogP contribution in [0.3, 0.4) is 0 Å². The molecule has 1 aliphatic rings. The Kier molecular flexibility index (Phi) is 4.80. The lowest BCUT2D eigenvalue weighted by Crippen LogP contribution is -2.37. The number of ether oxygens (including phenoxy) is 1. The molecule has 0 radical (unpaired) electrons. The maximum absolute atomic E-state index is 6.47. The number of hydrogen-bond donors (Lipinski definition) is 2. The molecule has 4 aromatic rings. The van der Waals surface area contributed by atoms with E-state index in [1.807, 2.05) is 0 Å². The summed E-state index contributed by atoms with van der Waals surface area (Å²) in [6.07, 6.45) is 1.68. The lowest BCUT2D eigenvalue weighted by molar-refractivity contribution is 0.330. The van der Waals surface area contributed by atoms with Crippen LogP contribution >= 0.6 is 0 Å². The van der Waals surface area contributed by atoms with Crippen molar-refractivity contribution in [2.75, 3.05) is 0 Å². The van der Waals surface area contributed by atoms with Crippen molar-refractivity contribution in [2.24, 2.45) is 11.5 Å². The van der Waals surface area contributed by atoms with E-state index in [9.17, 15) is 0 Å². The molecule has 4 aromatic carbocycles. The molecule has 29 heavy (non-hydrogen) atoms. The van der Waals surface area contributed by atoms with Crippen molar-refractivity contribution in [3.05, 3.63) is 96.1 Å². The van der Waals surface area contributed by atoms with Crippen molar-refractivity contribution >= 4 is 21.5 Å². The highest BCUT2D eigenvalue weighted by Crippen LogP contribution is 2.30. The molecule has 146 valence electrons. The molecule has 3 heteroatoms. The first-order valence-corrected chi connectivity index (χ1v) is 10.3. The summed E-state index contributed by atoms with van der Waals surface area (Å²) in [5.74, 6) is 0. The molecule has 1 heterocycles. The topological polar surface area (TPSA) is 64.6 Å². The molecule has 1 fully saturated rings. The summed E-state index contributed by atoms with van der Waals surface area (Å²) < 4.78 is 5.91. The van der Waals surface area contributed by atoms with Gasteiger partial charge in [-0.1, -0.05) is 84.9 Å². The van der Waals surface area contributed by atoms with Gasteiger partial charge in [0.05, 0.1) is 0 Å². The van der Waals surface area contributed by atoms with Gasteiger partial charge >= 0.3 is 0 Å². The molecule has 5 rings (SSSR count). The highest BCUT2D eigenvalue weighted by molar-refractivity contribution is 5.83. The fourth-order valence-corrected chi connectivity index (χ4v) is 4.33. The lowest BCUT2D eigenvalue weighted by atomic mass is 9.95. The van der Waals surface area contributed by atoms with Crippen molar-refractivity contribution in [3.63, 3.8) is 0 Å². The molecule has 4 N–H and O–H groups in total. The first kappa shape index (κ1) is 18.3. The Morgan fingerprint density at radius 1 is 0.586 bits per heavy atom. The molecule has 3 nitrogen and oxygen atoms in total. The summed E-state index contributed by atoms with van der Waals surface area (Å²) in [5.41, 5.74) is 15.4. The van der Waals surface area contributed by atoms with Crippen molar-refractivity contribution in [1.82, 2.24) is 0 Å². The first-order chi connectivity index (χ1) is 14.2. The minimum Gasteiger partial charge on any atom is -0.366 e. The molecule has 0 aromatic heterocycles. The third kappa shape index (κ3) is 3.90. The van der Waals surface area contributed by atoms with Crippen LogP contribution in [0.4, 0.5) is 0 Å². The SMILES string of the molecule is N[C@@H](Cc1ccc2ccccc2c1)[C@@H]1O[C@@H]1[C@@H](N)Cc1ccc2ccccc2c1. The summed E-state index contributed by atoms with van der Waals surface area (Å²) in [5, 5.41) is 5.00. The Balaban J connectivity index is 1.21. The maximum Gasteiger partial charge on any atom is 0.101 e. The predicted octanol–water partition coefficient (Wildman–Crippen LogP) is 4.20. The third-order valence-corrected chi connectivity index (χ3v) is 5.98. The summed E-state index contributed by atoms with van der Waals surface area (Å²) in [6.45, 7) is 0. The number of nitrogens with two attached hydrogens (primary N) is 2. The van der Waals surface area contributed by atoms with Gasteiger partial charge < -0.3 is 16.2 Å². The molecule has 1 saturated heterocycles. The summed E-state index contributed by atoms with van der Waals surface area (Å²) in [6, 6.07) is 29.8. The molecule has 0 spiro atoms. The number of hydrogen-bond acceptors (Lipinski definition) is 3. The molecule has 0 saturated carbocycles. The fraction of sp³-hybridized carbons (Fsp3) is 0.231. The number of epoxide rings is 1. The average molecular weight is 383 g/mol. The second-order valence-electron chi connectivity index (χ2n) is 8.16. The Morgan fingerprint density at radius 3 is 1.45 bits per heavy atom. The number of benzene rings is 4. The van der Waals surface area contributed by atoms with Crippen LogP contribution in [0.1, 0.15) is 11.1 Å². The standard InChI is InChI=1S/C26H26N2O/c27-23(15-17-9-11-19-5-1-3-7-21(19)13-17)25-26(29-25)24(28)16-18-10-12-20-6-2-4-8-22(20)14-18/h1-14,23-26H,15-16,27-28H2/t23-,24-,25-,26+/m0/s1. The van der Waals surface area contributed by atoms with Gasteiger partial charge in [-0.25, -0.2) is 0 Å². The van der Waals surface area contributed by atoms with Crippen LogP contribution in [0.5, 0.6) is 0 Å². The van der Waals surface area contributed by atoms with Crippen LogP contribution in [0.25, 0.3) is 21.5 Å². The van der Waals surface area contributed by atoms with E-state index in [1.54, 1.807) is 0 Å². The van der Waals surface area contributed by atoms with Crippen molar-refractivity contribution < 1.29 is 4.74 Å². The van der Waals surface area contributed by atoms with Crippen LogP contribution in [0, 0.1) is 0 Å². The zero-order chi connectivity index (χ0) is 19.8. The summed E-state index contributed by atoms with van der Waals surface area (Å²) >= 11 is 0. The van der Waals surface area contributed by atoms with E-state index in [2.05, 4.69) is 84.9 Å². The average Bonchev–Trinajstić information content (AvgIpc) is 3.55. The smallest absolute Gasteiger partial charge is 0.101 e. The largest absolute Gasteiger partial charge is 0.366 e. The highest BCUT2D eigenvalue weighted by Gasteiger charge is 2.46. The van der Waals surface area contributed by atoms with Crippen molar-refractivity contribution in [3.8, 4) is 0 Å². The van der Waals surface area contributed by atoms with Crippen molar-refractivity contribution in [2.45, 2.75) is 37.1 Å². The molecule has 0 unspecified atom stereocenters. The second-order valence-corrected chi connectivity index (χ2v) is 8.16. The second kappa shape index (κ2) is 7.60. The quantitative estimate of drug-likeness (QED) is 0.491. The first-order valence-electron chi connectivity index (χ1n) is 10.3. The molecule has 0 amide bonds. The van der Waals surface area contributed by atoms with Crippen LogP contribution in [0.15, 0.2) is 84.9 Å². The minimum absolute atomic E-state index is 0.0381. The van der Waals surface area contributed by atoms with Crippen LogP contribution in [-0.2, 0) is 17.6 Å². The van der Waals surface area contributed by atoms with Crippen molar-refractivity contribution in [1.29, 1.82) is 0 Å². The van der Waals surface area contributed by atoms with E-state index in [1.165, 1.54) is 32.7 Å². The maximum atomic E-state index is 6.47. The van der Waals surface area contributed by atoms with Gasteiger partial charge in [0.15, 0.2) is 0 Å². The minimum atomic E-state index is -0.0381. The van der Waals surface area contributed by atoms with Gasteiger partial charge in [0.1, 0.15) is 12.2 Å². The van der Waals surface area contributed by atoms with E-state index in [0.717, 1.165) is 12.8 Å². The molecule has 1 aliphatic heterocycles. The van der Waals surface area contributed by atoms with Gasteiger partial charge in [0, 0.05) is 12.1 Å². The molecular weight excluding hydrogens is 356 g/mol. The van der Waals surface area contributed by atoms with E-state index < -0.39 is 0 Å². The monoisotopic (exact) mass is 382 g/mol. The van der Waals surface area contributed by atoms with E-state index in [0.29, 0.717) is 0 Å². The van der Waals surface area contributed by atoms with Crippen LogP contribution < -0.4 is 11.5 Å². The number of rotatable bonds is 6. The summed E-state index contributed by atoms with van der Waals surface area (Å²) in [7, 11) is 0. The van der Waals surface area contributed by atoms with Gasteiger partial charge in [0.2, 0.25) is 0 Å². The van der Waals surface area contributed by atoms with Gasteiger partial charge in [-0.05, 0) is 45.5 Å². The molecule has 4 atom stereocenters. The normalized spacial score (nSPS) is 20.6. The molecule has 0 aliphatic carbocycles. The van der Waals surface area contributed by atoms with E-state index in [-0.39, 0.29) is 24.3 Å². The fourth-order valence-electron chi connectivity index (χ4n) is 4.33. The predicted molar refractivity (Wildman–Crippen MR) is 120 cm³/mol.